The van der Waals surface area contributed by atoms with Gasteiger partial charge in [0.2, 0.25) is 5.75 Å². The molecule has 0 saturated carbocycles. The highest BCUT2D eigenvalue weighted by atomic mass is 80.0. The van der Waals surface area contributed by atoms with Gasteiger partial charge in [-0.1, -0.05) is 102 Å². The summed E-state index contributed by atoms with van der Waals surface area (Å²) in [5, 5.41) is 0. The monoisotopic (exact) mass is 769 g/mol. The van der Waals surface area contributed by atoms with Crippen molar-refractivity contribution in [3.8, 4) is 17.2 Å². The van der Waals surface area contributed by atoms with Gasteiger partial charge in [-0.2, -0.15) is 0 Å². The predicted molar refractivity (Wildman–Crippen MR) is 132 cm³/mol. The zero-order valence-electron chi connectivity index (χ0n) is 14.6. The number of hydrogen-bond donors (Lipinski definition) is 0. The molecule has 152 valence electrons. The van der Waals surface area contributed by atoms with Crippen LogP contribution in [-0.4, -0.2) is 36.3 Å². The summed E-state index contributed by atoms with van der Waals surface area (Å²) in [6.45, 7) is 0. The molecular weight excluding hydrogens is 762 g/mol. The van der Waals surface area contributed by atoms with E-state index in [1.54, 1.807) is 27.4 Å². The Morgan fingerprint density at radius 3 is 1.54 bits per heavy atom. The molecule has 0 fully saturated rings. The average Bonchev–Trinajstić information content (AvgIpc) is 2.63. The first-order valence-electron chi connectivity index (χ1n) is 7.38. The van der Waals surface area contributed by atoms with Crippen LogP contribution in [0.25, 0.3) is 12.2 Å². The third-order valence-corrected chi connectivity index (χ3v) is 5.40. The molecule has 0 aliphatic carbocycles. The number of rotatable bonds is 5. The minimum atomic E-state index is -0.794. The molecule has 0 amide bonds. The van der Waals surface area contributed by atoms with Gasteiger partial charge in [0.15, 0.2) is 33.3 Å². The molecule has 0 aliphatic heterocycles. The van der Waals surface area contributed by atoms with E-state index in [4.69, 9.17) is 14.2 Å². The summed E-state index contributed by atoms with van der Waals surface area (Å²) < 4.78 is 14.5. The molecule has 0 bridgehead atoms. The maximum atomic E-state index is 5.38. The smallest absolute Gasteiger partial charge is 0.203 e. The second kappa shape index (κ2) is 10.0. The quantitative estimate of drug-likeness (QED) is 0.317. The van der Waals surface area contributed by atoms with Crippen molar-refractivity contribution in [3.63, 3.8) is 0 Å². The number of alkyl halides is 6. The SMILES string of the molecule is COc1cc(C=Cc2nc(C(Br)(Br)Br)nc(C(Br)(Br)Br)n2)cc(OC)c1OC. The van der Waals surface area contributed by atoms with Crippen molar-refractivity contribution >= 4 is 108 Å². The third kappa shape index (κ3) is 6.37. The van der Waals surface area contributed by atoms with Crippen LogP contribution in [0.2, 0.25) is 0 Å². The number of ether oxygens (including phenoxy) is 3. The van der Waals surface area contributed by atoms with Crippen LogP contribution in [0.3, 0.4) is 0 Å². The lowest BCUT2D eigenvalue weighted by Gasteiger charge is -2.16. The van der Waals surface area contributed by atoms with Crippen LogP contribution in [0.4, 0.5) is 0 Å². The molecular formula is C16H13Br6N3O3. The van der Waals surface area contributed by atoms with Crippen LogP contribution < -0.4 is 14.2 Å². The molecule has 2 aromatic rings. The Kier molecular flexibility index (Phi) is 8.79. The Bertz CT molecular complexity index is 824. The Morgan fingerprint density at radius 2 is 1.18 bits per heavy atom. The molecule has 6 nitrogen and oxygen atoms in total. The molecule has 0 saturated heterocycles. The standard InChI is InChI=1S/C16H13Br6N3O3/c1-26-9-6-8(7-10(27-2)12(9)28-3)4-5-11-23-13(15(17,18)19)25-14(24-11)16(20,21)22/h4-7H,1-3H3. The van der Waals surface area contributed by atoms with Gasteiger partial charge < -0.3 is 14.2 Å². The summed E-state index contributed by atoms with van der Waals surface area (Å²) in [4.78, 5) is 13.3. The lowest BCUT2D eigenvalue weighted by Crippen LogP contribution is -2.15. The Morgan fingerprint density at radius 1 is 0.714 bits per heavy atom. The van der Waals surface area contributed by atoms with Crippen LogP contribution in [0.5, 0.6) is 17.2 Å². The topological polar surface area (TPSA) is 66.4 Å². The first-order chi connectivity index (χ1) is 13.0. The fourth-order valence-corrected chi connectivity index (χ4v) is 3.15. The molecule has 2 rings (SSSR count). The number of nitrogens with zero attached hydrogens (tertiary/aromatic N) is 3. The van der Waals surface area contributed by atoms with Crippen molar-refractivity contribution in [2.24, 2.45) is 0 Å². The van der Waals surface area contributed by atoms with Crippen LogP contribution in [0.15, 0.2) is 12.1 Å². The van der Waals surface area contributed by atoms with Gasteiger partial charge in [-0.05, 0) is 23.8 Å². The minimum Gasteiger partial charge on any atom is -0.493 e. The number of benzene rings is 1. The van der Waals surface area contributed by atoms with Gasteiger partial charge in [-0.3, -0.25) is 0 Å². The van der Waals surface area contributed by atoms with Gasteiger partial charge in [-0.25, -0.2) is 15.0 Å². The number of halogens is 6. The molecule has 1 heterocycles. The third-order valence-electron chi connectivity index (χ3n) is 3.27. The van der Waals surface area contributed by atoms with E-state index in [2.05, 4.69) is 111 Å². The van der Waals surface area contributed by atoms with Crippen molar-refractivity contribution in [3.05, 3.63) is 35.2 Å². The van der Waals surface area contributed by atoms with Gasteiger partial charge in [-0.15, -0.1) is 0 Å². The lowest BCUT2D eigenvalue weighted by atomic mass is 10.1. The molecule has 0 unspecified atom stereocenters. The molecule has 0 aliphatic rings. The largest absolute Gasteiger partial charge is 0.493 e. The van der Waals surface area contributed by atoms with Gasteiger partial charge in [0.1, 0.15) is 0 Å². The fraction of sp³-hybridized carbons (Fsp3) is 0.312. The summed E-state index contributed by atoms with van der Waals surface area (Å²) >= 11 is 20.6. The molecule has 28 heavy (non-hydrogen) atoms. The van der Waals surface area contributed by atoms with E-state index in [0.29, 0.717) is 34.7 Å². The molecule has 0 radical (unpaired) electrons. The zero-order valence-corrected chi connectivity index (χ0v) is 24.2. The number of hydrogen-bond acceptors (Lipinski definition) is 6. The maximum Gasteiger partial charge on any atom is 0.203 e. The fourth-order valence-electron chi connectivity index (χ4n) is 2.09. The number of methoxy groups -OCH3 is 3. The normalized spacial score (nSPS) is 12.3. The van der Waals surface area contributed by atoms with Crippen LogP contribution in [-0.2, 0) is 4.29 Å². The van der Waals surface area contributed by atoms with E-state index < -0.39 is 4.29 Å². The highest BCUT2D eigenvalue weighted by molar-refractivity contribution is 9.39. The van der Waals surface area contributed by atoms with Crippen LogP contribution >= 0.6 is 95.6 Å². The average molecular weight is 775 g/mol. The maximum absolute atomic E-state index is 5.38. The molecule has 1 aromatic heterocycles. The van der Waals surface area contributed by atoms with Crippen LogP contribution in [0, 0.1) is 0 Å². The summed E-state index contributed by atoms with van der Waals surface area (Å²) in [5.74, 6) is 2.95. The second-order valence-corrected chi connectivity index (χ2v) is 18.7. The van der Waals surface area contributed by atoms with Crippen LogP contribution in [0.1, 0.15) is 23.0 Å². The molecule has 0 spiro atoms. The Labute approximate surface area is 213 Å². The molecule has 1 aromatic carbocycles. The number of aromatic nitrogens is 3. The van der Waals surface area contributed by atoms with E-state index in [1.165, 1.54) is 0 Å². The van der Waals surface area contributed by atoms with Crippen molar-refractivity contribution < 1.29 is 14.2 Å². The van der Waals surface area contributed by atoms with Crippen molar-refractivity contribution in [1.29, 1.82) is 0 Å². The first-order valence-corrected chi connectivity index (χ1v) is 12.1. The second-order valence-electron chi connectivity index (χ2n) is 5.13. The van der Waals surface area contributed by atoms with Crippen molar-refractivity contribution in [1.82, 2.24) is 15.0 Å². The van der Waals surface area contributed by atoms with Gasteiger partial charge >= 0.3 is 0 Å². The summed E-state index contributed by atoms with van der Waals surface area (Å²) in [5.41, 5.74) is 0.823. The van der Waals surface area contributed by atoms with Crippen molar-refractivity contribution in [2.45, 2.75) is 4.29 Å². The van der Waals surface area contributed by atoms with E-state index >= 15 is 0 Å². The van der Waals surface area contributed by atoms with Gasteiger partial charge in [0, 0.05) is 0 Å². The van der Waals surface area contributed by atoms with Crippen molar-refractivity contribution in [2.75, 3.05) is 21.3 Å². The van der Waals surface area contributed by atoms with Gasteiger partial charge in [0.25, 0.3) is 0 Å². The molecule has 12 heteroatoms. The highest BCUT2D eigenvalue weighted by Gasteiger charge is 2.31. The zero-order chi connectivity index (χ0) is 21.1. The van der Waals surface area contributed by atoms with E-state index in [1.807, 2.05) is 18.2 Å². The Balaban J connectivity index is 2.51. The summed E-state index contributed by atoms with van der Waals surface area (Å²) in [6.07, 6.45) is 3.59. The van der Waals surface area contributed by atoms with E-state index in [0.717, 1.165) is 5.56 Å². The first kappa shape index (κ1) is 24.5. The summed E-state index contributed by atoms with van der Waals surface area (Å²) in [6, 6.07) is 3.66. The highest BCUT2D eigenvalue weighted by Crippen LogP contribution is 2.46. The van der Waals surface area contributed by atoms with Gasteiger partial charge in [0.05, 0.1) is 21.3 Å². The Hall–Kier alpha value is 0.250. The van der Waals surface area contributed by atoms with E-state index in [-0.39, 0.29) is 0 Å². The molecule has 0 N–H and O–H groups in total. The summed E-state index contributed by atoms with van der Waals surface area (Å²) in [7, 11) is 4.70. The van der Waals surface area contributed by atoms with E-state index in [9.17, 15) is 0 Å². The molecule has 0 atom stereocenters. The lowest BCUT2D eigenvalue weighted by molar-refractivity contribution is 0.324. The predicted octanol–water partition coefficient (Wildman–Crippen LogP) is 6.66. The minimum absolute atomic E-state index is 0.435.